The van der Waals surface area contributed by atoms with Crippen molar-refractivity contribution in [2.24, 2.45) is 0 Å². The lowest BCUT2D eigenvalue weighted by Crippen LogP contribution is -2.16. The molecule has 0 spiro atoms. The standard InChI is InChI=1S/C20H16ClF3N2O3/c1-11(19(29)26-14-5-3-13(4-6-14)12(2)27)9-18(28)25-15-7-8-17(21)16(10-15)20(22,23)24/h3-10H,1-2H3,(H,25,28)(H,26,29)/b11-9-. The summed E-state index contributed by atoms with van der Waals surface area (Å²) < 4.78 is 38.6. The van der Waals surface area contributed by atoms with Crippen molar-refractivity contribution in [1.29, 1.82) is 0 Å². The molecule has 29 heavy (non-hydrogen) atoms. The summed E-state index contributed by atoms with van der Waals surface area (Å²) in [6, 6.07) is 9.11. The quantitative estimate of drug-likeness (QED) is 0.519. The zero-order chi connectivity index (χ0) is 21.8. The molecule has 2 rings (SSSR count). The van der Waals surface area contributed by atoms with Gasteiger partial charge in [0.05, 0.1) is 10.6 Å². The monoisotopic (exact) mass is 424 g/mol. The molecule has 0 saturated carbocycles. The number of halogens is 4. The van der Waals surface area contributed by atoms with Gasteiger partial charge in [0.15, 0.2) is 5.78 Å². The number of hydrogen-bond donors (Lipinski definition) is 2. The molecule has 9 heteroatoms. The van der Waals surface area contributed by atoms with Crippen LogP contribution >= 0.6 is 11.6 Å². The first kappa shape index (κ1) is 22.2. The number of carbonyl (C=O) groups excluding carboxylic acids is 3. The van der Waals surface area contributed by atoms with Crippen molar-refractivity contribution in [1.82, 2.24) is 0 Å². The Morgan fingerprint density at radius 1 is 0.931 bits per heavy atom. The summed E-state index contributed by atoms with van der Waals surface area (Å²) in [5.74, 6) is -1.48. The molecule has 152 valence electrons. The predicted octanol–water partition coefficient (Wildman–Crippen LogP) is 5.08. The van der Waals surface area contributed by atoms with Crippen molar-refractivity contribution >= 4 is 40.6 Å². The van der Waals surface area contributed by atoms with Gasteiger partial charge in [-0.25, -0.2) is 0 Å². The topological polar surface area (TPSA) is 75.3 Å². The van der Waals surface area contributed by atoms with E-state index in [0.717, 1.165) is 12.1 Å². The molecule has 0 atom stereocenters. The summed E-state index contributed by atoms with van der Waals surface area (Å²) >= 11 is 5.53. The molecule has 0 fully saturated rings. The van der Waals surface area contributed by atoms with Crippen LogP contribution in [0, 0.1) is 0 Å². The van der Waals surface area contributed by atoms with Crippen molar-refractivity contribution < 1.29 is 27.6 Å². The zero-order valence-corrected chi connectivity index (χ0v) is 16.1. The SMILES string of the molecule is CC(=O)c1ccc(NC(=O)/C(C)=C\C(=O)Nc2ccc(Cl)c(C(F)(F)F)c2)cc1. The van der Waals surface area contributed by atoms with Gasteiger partial charge in [-0.2, -0.15) is 13.2 Å². The largest absolute Gasteiger partial charge is 0.417 e. The van der Waals surface area contributed by atoms with Gasteiger partial charge in [-0.3, -0.25) is 14.4 Å². The molecule has 0 bridgehead atoms. The summed E-state index contributed by atoms with van der Waals surface area (Å²) in [6.07, 6.45) is -3.71. The number of anilines is 2. The Morgan fingerprint density at radius 3 is 2.07 bits per heavy atom. The molecule has 0 heterocycles. The van der Waals surface area contributed by atoms with Gasteiger partial charge in [0, 0.05) is 28.6 Å². The average Bonchev–Trinajstić information content (AvgIpc) is 2.62. The highest BCUT2D eigenvalue weighted by molar-refractivity contribution is 6.31. The summed E-state index contributed by atoms with van der Waals surface area (Å²) in [5, 5.41) is 4.32. The van der Waals surface area contributed by atoms with Gasteiger partial charge in [0.25, 0.3) is 5.91 Å². The van der Waals surface area contributed by atoms with Crippen LogP contribution in [0.1, 0.15) is 29.8 Å². The van der Waals surface area contributed by atoms with E-state index in [1.54, 1.807) is 12.1 Å². The van der Waals surface area contributed by atoms with Crippen LogP contribution < -0.4 is 10.6 Å². The minimum atomic E-state index is -4.67. The van der Waals surface area contributed by atoms with E-state index in [9.17, 15) is 27.6 Å². The van der Waals surface area contributed by atoms with Crippen LogP contribution in [0.4, 0.5) is 24.5 Å². The van der Waals surface area contributed by atoms with Crippen LogP contribution in [0.2, 0.25) is 5.02 Å². The molecular formula is C20H16ClF3N2O3. The van der Waals surface area contributed by atoms with E-state index in [0.29, 0.717) is 17.3 Å². The number of hydrogen-bond acceptors (Lipinski definition) is 3. The minimum Gasteiger partial charge on any atom is -0.322 e. The molecule has 2 amide bonds. The summed E-state index contributed by atoms with van der Waals surface area (Å²) in [7, 11) is 0. The van der Waals surface area contributed by atoms with Gasteiger partial charge in [-0.05, 0) is 56.3 Å². The lowest BCUT2D eigenvalue weighted by atomic mass is 10.1. The molecule has 0 saturated heterocycles. The maximum absolute atomic E-state index is 12.9. The van der Waals surface area contributed by atoms with E-state index in [1.165, 1.54) is 32.0 Å². The lowest BCUT2D eigenvalue weighted by molar-refractivity contribution is -0.137. The number of amides is 2. The van der Waals surface area contributed by atoms with Crippen LogP contribution in [-0.4, -0.2) is 17.6 Å². The fraction of sp³-hybridized carbons (Fsp3) is 0.150. The van der Waals surface area contributed by atoms with E-state index in [4.69, 9.17) is 11.6 Å². The van der Waals surface area contributed by atoms with Gasteiger partial charge < -0.3 is 10.6 Å². The van der Waals surface area contributed by atoms with E-state index in [-0.39, 0.29) is 17.0 Å². The Labute approximate surface area is 169 Å². The van der Waals surface area contributed by atoms with Crippen molar-refractivity contribution in [2.45, 2.75) is 20.0 Å². The van der Waals surface area contributed by atoms with Crippen LogP contribution in [0.5, 0.6) is 0 Å². The average molecular weight is 425 g/mol. The maximum atomic E-state index is 12.9. The van der Waals surface area contributed by atoms with E-state index in [1.807, 2.05) is 0 Å². The third-order valence-corrected chi connectivity index (χ3v) is 4.12. The van der Waals surface area contributed by atoms with Crippen LogP contribution in [0.25, 0.3) is 0 Å². The molecule has 2 aromatic rings. The second kappa shape index (κ2) is 8.91. The van der Waals surface area contributed by atoms with Gasteiger partial charge >= 0.3 is 6.18 Å². The second-order valence-electron chi connectivity index (χ2n) is 6.10. The predicted molar refractivity (Wildman–Crippen MR) is 104 cm³/mol. The normalized spacial score (nSPS) is 11.7. The fourth-order valence-corrected chi connectivity index (χ4v) is 2.50. The number of Topliss-reactive ketones (excluding diaryl/α,β-unsaturated/α-hetero) is 1. The summed E-state index contributed by atoms with van der Waals surface area (Å²) in [6.45, 7) is 2.79. The maximum Gasteiger partial charge on any atom is 0.417 e. The van der Waals surface area contributed by atoms with Crippen LogP contribution in [0.3, 0.4) is 0 Å². The first-order valence-electron chi connectivity index (χ1n) is 8.26. The molecule has 0 aliphatic heterocycles. The highest BCUT2D eigenvalue weighted by Gasteiger charge is 2.33. The highest BCUT2D eigenvalue weighted by atomic mass is 35.5. The lowest BCUT2D eigenvalue weighted by Gasteiger charge is -2.11. The number of carbonyl (C=O) groups is 3. The third kappa shape index (κ3) is 6.18. The molecule has 0 aliphatic rings. The molecule has 2 aromatic carbocycles. The van der Waals surface area contributed by atoms with Crippen LogP contribution in [0.15, 0.2) is 54.1 Å². The van der Waals surface area contributed by atoms with E-state index >= 15 is 0 Å². The van der Waals surface area contributed by atoms with Gasteiger partial charge in [0.2, 0.25) is 5.91 Å². The molecule has 5 nitrogen and oxygen atoms in total. The molecule has 0 radical (unpaired) electrons. The molecule has 0 aliphatic carbocycles. The second-order valence-corrected chi connectivity index (χ2v) is 6.50. The van der Waals surface area contributed by atoms with Crippen molar-refractivity contribution in [2.75, 3.05) is 10.6 Å². The van der Waals surface area contributed by atoms with Crippen LogP contribution in [-0.2, 0) is 15.8 Å². The number of benzene rings is 2. The molecule has 2 N–H and O–H groups in total. The molecular weight excluding hydrogens is 409 g/mol. The number of alkyl halides is 3. The van der Waals surface area contributed by atoms with E-state index in [2.05, 4.69) is 10.6 Å². The van der Waals surface area contributed by atoms with Gasteiger partial charge in [-0.15, -0.1) is 0 Å². The third-order valence-electron chi connectivity index (χ3n) is 3.79. The van der Waals surface area contributed by atoms with Crippen molar-refractivity contribution in [3.8, 4) is 0 Å². The summed E-state index contributed by atoms with van der Waals surface area (Å²) in [5.41, 5.74) is -0.264. The Morgan fingerprint density at radius 2 is 1.52 bits per heavy atom. The number of nitrogens with one attached hydrogen (secondary N) is 2. The zero-order valence-electron chi connectivity index (χ0n) is 15.4. The molecule has 0 aromatic heterocycles. The number of ketones is 1. The Bertz CT molecular complexity index is 983. The fourth-order valence-electron chi connectivity index (χ4n) is 2.28. The highest BCUT2D eigenvalue weighted by Crippen LogP contribution is 2.36. The van der Waals surface area contributed by atoms with Gasteiger partial charge in [0.1, 0.15) is 0 Å². The Kier molecular flexibility index (Phi) is 6.81. The first-order chi connectivity index (χ1) is 13.5. The van der Waals surface area contributed by atoms with E-state index < -0.39 is 28.6 Å². The number of rotatable bonds is 5. The smallest absolute Gasteiger partial charge is 0.322 e. The summed E-state index contributed by atoms with van der Waals surface area (Å²) in [4.78, 5) is 35.4. The first-order valence-corrected chi connectivity index (χ1v) is 8.63. The Balaban J connectivity index is 2.06. The van der Waals surface area contributed by atoms with Crippen molar-refractivity contribution in [3.05, 3.63) is 70.3 Å². The van der Waals surface area contributed by atoms with Gasteiger partial charge in [-0.1, -0.05) is 11.6 Å². The Hall–Kier alpha value is -3.13. The van der Waals surface area contributed by atoms with Crippen molar-refractivity contribution in [3.63, 3.8) is 0 Å². The minimum absolute atomic E-state index is 0.0307. The molecule has 0 unspecified atom stereocenters.